The SMILES string of the molecule is O=C(C=Cc1ccccc1)c1ccccc1OC(F)(F)F. The Bertz CT molecular complexity index is 646. The van der Waals surface area contributed by atoms with E-state index in [-0.39, 0.29) is 5.56 Å². The number of hydrogen-bond acceptors (Lipinski definition) is 2. The molecule has 0 spiro atoms. The molecule has 0 saturated carbocycles. The summed E-state index contributed by atoms with van der Waals surface area (Å²) in [5, 5.41) is 0. The predicted octanol–water partition coefficient (Wildman–Crippen LogP) is 4.48. The third kappa shape index (κ3) is 4.49. The molecular weight excluding hydrogens is 281 g/mol. The van der Waals surface area contributed by atoms with Gasteiger partial charge < -0.3 is 4.74 Å². The molecule has 0 unspecified atom stereocenters. The molecule has 0 aromatic heterocycles. The molecule has 0 heterocycles. The van der Waals surface area contributed by atoms with Crippen LogP contribution in [0.4, 0.5) is 13.2 Å². The maximum absolute atomic E-state index is 12.3. The Balaban J connectivity index is 2.22. The number of alkyl halides is 3. The Morgan fingerprint density at radius 2 is 1.57 bits per heavy atom. The molecule has 2 rings (SSSR count). The third-order valence-corrected chi connectivity index (χ3v) is 2.60. The van der Waals surface area contributed by atoms with E-state index in [2.05, 4.69) is 4.74 Å². The number of halogens is 3. The standard InChI is InChI=1S/C16H11F3O2/c17-16(18,19)21-15-9-5-4-8-13(15)14(20)11-10-12-6-2-1-3-7-12/h1-11H. The topological polar surface area (TPSA) is 26.3 Å². The van der Waals surface area contributed by atoms with Gasteiger partial charge in [0.25, 0.3) is 0 Å². The normalized spacial score (nSPS) is 11.6. The van der Waals surface area contributed by atoms with Crippen molar-refractivity contribution >= 4 is 11.9 Å². The second-order valence-electron chi connectivity index (χ2n) is 4.15. The van der Waals surface area contributed by atoms with Crippen LogP contribution in [0, 0.1) is 0 Å². The fraction of sp³-hybridized carbons (Fsp3) is 0.0625. The summed E-state index contributed by atoms with van der Waals surface area (Å²) in [6.45, 7) is 0. The first-order valence-corrected chi connectivity index (χ1v) is 6.08. The summed E-state index contributed by atoms with van der Waals surface area (Å²) < 4.78 is 40.7. The Hall–Kier alpha value is -2.56. The molecule has 2 nitrogen and oxygen atoms in total. The predicted molar refractivity (Wildman–Crippen MR) is 72.9 cm³/mol. The first-order valence-electron chi connectivity index (χ1n) is 6.08. The molecule has 0 fully saturated rings. The van der Waals surface area contributed by atoms with Gasteiger partial charge in [0.15, 0.2) is 5.78 Å². The zero-order chi connectivity index (χ0) is 15.3. The quantitative estimate of drug-likeness (QED) is 0.613. The van der Waals surface area contributed by atoms with Gasteiger partial charge in [-0.1, -0.05) is 48.5 Å². The molecule has 108 valence electrons. The van der Waals surface area contributed by atoms with E-state index >= 15 is 0 Å². The number of ether oxygens (including phenoxy) is 1. The molecule has 21 heavy (non-hydrogen) atoms. The number of carbonyl (C=O) groups excluding carboxylic acids is 1. The van der Waals surface area contributed by atoms with Crippen LogP contribution in [0.3, 0.4) is 0 Å². The largest absolute Gasteiger partial charge is 0.573 e. The lowest BCUT2D eigenvalue weighted by Gasteiger charge is -2.11. The number of allylic oxidation sites excluding steroid dienone is 1. The van der Waals surface area contributed by atoms with E-state index in [1.165, 1.54) is 30.4 Å². The van der Waals surface area contributed by atoms with Crippen molar-refractivity contribution in [2.45, 2.75) is 6.36 Å². The molecular formula is C16H11F3O2. The third-order valence-electron chi connectivity index (χ3n) is 2.60. The zero-order valence-corrected chi connectivity index (χ0v) is 10.8. The number of para-hydroxylation sites is 1. The highest BCUT2D eigenvalue weighted by Gasteiger charge is 2.32. The molecule has 0 aliphatic carbocycles. The summed E-state index contributed by atoms with van der Waals surface area (Å²) in [6.07, 6.45) is -2.08. The van der Waals surface area contributed by atoms with Crippen molar-refractivity contribution in [1.29, 1.82) is 0 Å². The first kappa shape index (κ1) is 14.8. The van der Waals surface area contributed by atoms with Crippen LogP contribution in [0.2, 0.25) is 0 Å². The Morgan fingerprint density at radius 1 is 0.952 bits per heavy atom. The minimum absolute atomic E-state index is 0.137. The van der Waals surface area contributed by atoms with Crippen LogP contribution in [0.15, 0.2) is 60.7 Å². The van der Waals surface area contributed by atoms with Gasteiger partial charge in [-0.15, -0.1) is 13.2 Å². The summed E-state index contributed by atoms with van der Waals surface area (Å²) in [5.41, 5.74) is 0.641. The van der Waals surface area contributed by atoms with Crippen molar-refractivity contribution in [3.63, 3.8) is 0 Å². The fourth-order valence-corrected chi connectivity index (χ4v) is 1.71. The van der Waals surface area contributed by atoms with Crippen molar-refractivity contribution in [2.75, 3.05) is 0 Å². The van der Waals surface area contributed by atoms with Crippen LogP contribution >= 0.6 is 0 Å². The summed E-state index contributed by atoms with van der Waals surface area (Å²) in [5.74, 6) is -1.06. The summed E-state index contributed by atoms with van der Waals surface area (Å²) in [7, 11) is 0. The van der Waals surface area contributed by atoms with Crippen LogP contribution in [-0.2, 0) is 0 Å². The highest BCUT2D eigenvalue weighted by Crippen LogP contribution is 2.26. The van der Waals surface area contributed by atoms with Crippen LogP contribution < -0.4 is 4.74 Å². The lowest BCUT2D eigenvalue weighted by molar-refractivity contribution is -0.274. The van der Waals surface area contributed by atoms with Crippen LogP contribution in [0.1, 0.15) is 15.9 Å². The monoisotopic (exact) mass is 292 g/mol. The van der Waals surface area contributed by atoms with Gasteiger partial charge in [0, 0.05) is 0 Å². The Labute approximate surface area is 119 Å². The fourth-order valence-electron chi connectivity index (χ4n) is 1.71. The molecule has 0 amide bonds. The van der Waals surface area contributed by atoms with Crippen LogP contribution in [0.25, 0.3) is 6.08 Å². The minimum atomic E-state index is -4.83. The van der Waals surface area contributed by atoms with Crippen molar-refractivity contribution in [1.82, 2.24) is 0 Å². The van der Waals surface area contributed by atoms with Gasteiger partial charge in [0.2, 0.25) is 0 Å². The molecule has 2 aromatic carbocycles. The second-order valence-corrected chi connectivity index (χ2v) is 4.15. The van der Waals surface area contributed by atoms with E-state index in [0.29, 0.717) is 0 Å². The van der Waals surface area contributed by atoms with Crippen molar-refractivity contribution < 1.29 is 22.7 Å². The molecule has 0 N–H and O–H groups in total. The maximum atomic E-state index is 12.3. The molecule has 0 aliphatic heterocycles. The lowest BCUT2D eigenvalue weighted by atomic mass is 10.1. The molecule has 0 atom stereocenters. The van der Waals surface area contributed by atoms with Gasteiger partial charge in [-0.2, -0.15) is 0 Å². The van der Waals surface area contributed by atoms with E-state index in [1.54, 1.807) is 24.3 Å². The van der Waals surface area contributed by atoms with Gasteiger partial charge in [-0.05, 0) is 23.8 Å². The zero-order valence-electron chi connectivity index (χ0n) is 10.8. The van der Waals surface area contributed by atoms with Crippen molar-refractivity contribution in [3.8, 4) is 5.75 Å². The van der Waals surface area contributed by atoms with Gasteiger partial charge in [-0.3, -0.25) is 4.79 Å². The molecule has 0 saturated heterocycles. The van der Waals surface area contributed by atoms with E-state index in [4.69, 9.17) is 0 Å². The number of hydrogen-bond donors (Lipinski definition) is 0. The molecule has 0 aliphatic rings. The number of rotatable bonds is 4. The van der Waals surface area contributed by atoms with Gasteiger partial charge in [-0.25, -0.2) is 0 Å². The molecule has 2 aromatic rings. The molecule has 0 bridgehead atoms. The van der Waals surface area contributed by atoms with Gasteiger partial charge in [0.1, 0.15) is 5.75 Å². The number of benzene rings is 2. The number of ketones is 1. The maximum Gasteiger partial charge on any atom is 0.573 e. The van der Waals surface area contributed by atoms with Crippen LogP contribution in [-0.4, -0.2) is 12.1 Å². The summed E-state index contributed by atoms with van der Waals surface area (Å²) in [6, 6.07) is 14.2. The van der Waals surface area contributed by atoms with Gasteiger partial charge >= 0.3 is 6.36 Å². The highest BCUT2D eigenvalue weighted by atomic mass is 19.4. The van der Waals surface area contributed by atoms with Crippen molar-refractivity contribution in [3.05, 3.63) is 71.8 Å². The summed E-state index contributed by atoms with van der Waals surface area (Å²) in [4.78, 5) is 12.0. The average Bonchev–Trinajstić information content (AvgIpc) is 2.45. The summed E-state index contributed by atoms with van der Waals surface area (Å²) >= 11 is 0. The lowest BCUT2D eigenvalue weighted by Crippen LogP contribution is -2.18. The number of carbonyl (C=O) groups is 1. The van der Waals surface area contributed by atoms with E-state index in [1.807, 2.05) is 6.07 Å². The molecule has 5 heteroatoms. The van der Waals surface area contributed by atoms with Crippen LogP contribution in [0.5, 0.6) is 5.75 Å². The van der Waals surface area contributed by atoms with E-state index in [0.717, 1.165) is 11.6 Å². The van der Waals surface area contributed by atoms with E-state index in [9.17, 15) is 18.0 Å². The smallest absolute Gasteiger partial charge is 0.405 e. The second kappa shape index (κ2) is 6.26. The van der Waals surface area contributed by atoms with Gasteiger partial charge in [0.05, 0.1) is 5.56 Å². The Kier molecular flexibility index (Phi) is 4.42. The van der Waals surface area contributed by atoms with Crippen molar-refractivity contribution in [2.24, 2.45) is 0 Å². The van der Waals surface area contributed by atoms with E-state index < -0.39 is 17.9 Å². The minimum Gasteiger partial charge on any atom is -0.405 e. The first-order chi connectivity index (χ1) is 9.96. The average molecular weight is 292 g/mol. The highest BCUT2D eigenvalue weighted by molar-refractivity contribution is 6.08. The molecule has 0 radical (unpaired) electrons. The Morgan fingerprint density at radius 3 is 2.24 bits per heavy atom.